The molecule has 0 aliphatic heterocycles. The van der Waals surface area contributed by atoms with E-state index in [9.17, 15) is 4.79 Å². The third-order valence-corrected chi connectivity index (χ3v) is 3.86. The maximum atomic E-state index is 10.7. The first-order valence-electron chi connectivity index (χ1n) is 6.83. The van der Waals surface area contributed by atoms with E-state index in [0.29, 0.717) is 11.3 Å². The minimum Gasteiger partial charge on any atom is -0.492 e. The largest absolute Gasteiger partial charge is 0.492 e. The van der Waals surface area contributed by atoms with Crippen LogP contribution in [0.25, 0.3) is 11.4 Å². The minimum atomic E-state index is -1.98. The summed E-state index contributed by atoms with van der Waals surface area (Å²) in [5, 5.41) is 8.73. The van der Waals surface area contributed by atoms with Crippen molar-refractivity contribution in [2.24, 2.45) is 0 Å². The van der Waals surface area contributed by atoms with E-state index in [1.165, 1.54) is 0 Å². The van der Waals surface area contributed by atoms with E-state index >= 15 is 0 Å². The molecule has 0 saturated carbocycles. The van der Waals surface area contributed by atoms with Crippen LogP contribution in [0.1, 0.15) is 18.1 Å². The first-order chi connectivity index (χ1) is 12.0. The fourth-order valence-electron chi connectivity index (χ4n) is 1.78. The standard InChI is InChI=1S/C14H9Cl6N3O3/c15-13(16,17)11-21-10(22-12(23-11)14(18,19)20)7-3-1-2-4-8(7)26-6-5-9(24)25/h1-4H,5-6H2,(H,24,25). The van der Waals surface area contributed by atoms with Crippen LogP contribution in [-0.2, 0) is 12.4 Å². The van der Waals surface area contributed by atoms with E-state index in [0.717, 1.165) is 0 Å². The van der Waals surface area contributed by atoms with Crippen molar-refractivity contribution in [3.05, 3.63) is 35.9 Å². The number of alkyl halides is 6. The van der Waals surface area contributed by atoms with Gasteiger partial charge in [-0.15, -0.1) is 0 Å². The van der Waals surface area contributed by atoms with E-state index in [2.05, 4.69) is 15.0 Å². The lowest BCUT2D eigenvalue weighted by Crippen LogP contribution is -2.17. The van der Waals surface area contributed by atoms with Gasteiger partial charge < -0.3 is 9.84 Å². The van der Waals surface area contributed by atoms with Crippen molar-refractivity contribution in [1.29, 1.82) is 0 Å². The van der Waals surface area contributed by atoms with Gasteiger partial charge in [-0.05, 0) is 12.1 Å². The Hall–Kier alpha value is -0.760. The molecule has 2 aromatic rings. The molecular formula is C14H9Cl6N3O3. The first-order valence-corrected chi connectivity index (χ1v) is 9.09. The Kier molecular flexibility index (Phi) is 7.04. The summed E-state index contributed by atoms with van der Waals surface area (Å²) in [4.78, 5) is 22.7. The van der Waals surface area contributed by atoms with Gasteiger partial charge in [-0.1, -0.05) is 81.7 Å². The van der Waals surface area contributed by atoms with E-state index in [1.54, 1.807) is 24.3 Å². The number of aromatic nitrogens is 3. The van der Waals surface area contributed by atoms with Crippen LogP contribution < -0.4 is 4.74 Å². The van der Waals surface area contributed by atoms with Gasteiger partial charge in [0.2, 0.25) is 7.59 Å². The van der Waals surface area contributed by atoms with Crippen molar-refractivity contribution in [2.75, 3.05) is 6.61 Å². The highest BCUT2D eigenvalue weighted by Crippen LogP contribution is 2.41. The number of para-hydroxylation sites is 1. The number of rotatable bonds is 5. The molecule has 0 atom stereocenters. The molecule has 1 heterocycles. The number of benzene rings is 1. The summed E-state index contributed by atoms with van der Waals surface area (Å²) >= 11 is 35.1. The van der Waals surface area contributed by atoms with E-state index < -0.39 is 13.6 Å². The Morgan fingerprint density at radius 3 is 2.00 bits per heavy atom. The molecule has 0 aliphatic rings. The average Bonchev–Trinajstić information content (AvgIpc) is 2.53. The number of hydrogen-bond donors (Lipinski definition) is 1. The SMILES string of the molecule is O=C(O)CCOc1ccccc1-c1nc(C(Cl)(Cl)Cl)nc(C(Cl)(Cl)Cl)n1. The first kappa shape index (κ1) is 21.5. The van der Waals surface area contributed by atoms with Gasteiger partial charge in [-0.25, -0.2) is 15.0 Å². The normalized spacial score (nSPS) is 12.1. The van der Waals surface area contributed by atoms with Crippen molar-refractivity contribution >= 4 is 75.6 Å². The number of halogens is 6. The zero-order valence-electron chi connectivity index (χ0n) is 12.6. The second kappa shape index (κ2) is 8.50. The maximum absolute atomic E-state index is 10.7. The van der Waals surface area contributed by atoms with Crippen LogP contribution in [0.5, 0.6) is 5.75 Å². The molecule has 0 bridgehead atoms. The molecule has 1 N–H and O–H groups in total. The summed E-state index contributed by atoms with van der Waals surface area (Å²) in [6.07, 6.45) is -0.190. The third-order valence-electron chi connectivity index (χ3n) is 2.84. The van der Waals surface area contributed by atoms with Crippen molar-refractivity contribution < 1.29 is 14.6 Å². The van der Waals surface area contributed by atoms with E-state index in [-0.39, 0.29) is 30.5 Å². The third kappa shape index (κ3) is 5.87. The highest BCUT2D eigenvalue weighted by atomic mass is 35.6. The maximum Gasteiger partial charge on any atom is 0.306 e. The Bertz CT molecular complexity index is 775. The minimum absolute atomic E-state index is 0.0357. The van der Waals surface area contributed by atoms with Crippen LogP contribution >= 0.6 is 69.6 Å². The van der Waals surface area contributed by atoms with Gasteiger partial charge in [0.05, 0.1) is 18.6 Å². The zero-order chi connectivity index (χ0) is 19.5. The van der Waals surface area contributed by atoms with Crippen LogP contribution in [0.15, 0.2) is 24.3 Å². The predicted molar refractivity (Wildman–Crippen MR) is 101 cm³/mol. The van der Waals surface area contributed by atoms with Gasteiger partial charge in [-0.2, -0.15) is 0 Å². The van der Waals surface area contributed by atoms with Crippen LogP contribution in [0.2, 0.25) is 0 Å². The lowest BCUT2D eigenvalue weighted by atomic mass is 10.2. The summed E-state index contributed by atoms with van der Waals surface area (Å²) in [6, 6.07) is 6.60. The van der Waals surface area contributed by atoms with Crippen LogP contribution in [0.4, 0.5) is 0 Å². The van der Waals surface area contributed by atoms with Crippen molar-refractivity contribution in [2.45, 2.75) is 14.0 Å². The molecule has 0 spiro atoms. The summed E-state index contributed by atoms with van der Waals surface area (Å²) < 4.78 is 1.50. The van der Waals surface area contributed by atoms with E-state index in [1.807, 2.05) is 0 Å². The van der Waals surface area contributed by atoms with Gasteiger partial charge in [-0.3, -0.25) is 4.79 Å². The Labute approximate surface area is 178 Å². The fraction of sp³-hybridized carbons (Fsp3) is 0.286. The van der Waals surface area contributed by atoms with Crippen LogP contribution in [0, 0.1) is 0 Å². The molecule has 0 saturated heterocycles. The monoisotopic (exact) mass is 477 g/mol. The van der Waals surface area contributed by atoms with Crippen LogP contribution in [0.3, 0.4) is 0 Å². The van der Waals surface area contributed by atoms with Gasteiger partial charge in [0, 0.05) is 0 Å². The lowest BCUT2D eigenvalue weighted by Gasteiger charge is -2.16. The predicted octanol–water partition coefficient (Wildman–Crippen LogP) is 5.05. The molecule has 12 heteroatoms. The summed E-state index contributed by atoms with van der Waals surface area (Å²) in [6.45, 7) is -0.0634. The average molecular weight is 480 g/mol. The molecule has 140 valence electrons. The molecule has 0 radical (unpaired) electrons. The van der Waals surface area contributed by atoms with Crippen LogP contribution in [-0.4, -0.2) is 32.6 Å². The Morgan fingerprint density at radius 2 is 1.50 bits per heavy atom. The molecule has 0 aliphatic carbocycles. The summed E-state index contributed by atoms with van der Waals surface area (Å²) in [7, 11) is 0. The molecule has 0 fully saturated rings. The number of nitrogens with zero attached hydrogens (tertiary/aromatic N) is 3. The second-order valence-corrected chi connectivity index (χ2v) is 9.35. The van der Waals surface area contributed by atoms with Crippen molar-refractivity contribution in [3.8, 4) is 17.1 Å². The number of ether oxygens (including phenoxy) is 1. The molecule has 0 unspecified atom stereocenters. The summed E-state index contributed by atoms with van der Waals surface area (Å²) in [5.41, 5.74) is 0.381. The Balaban J connectivity index is 2.52. The van der Waals surface area contributed by atoms with Gasteiger partial charge in [0.25, 0.3) is 0 Å². The fourth-order valence-corrected chi connectivity index (χ4v) is 2.28. The van der Waals surface area contributed by atoms with E-state index in [4.69, 9.17) is 79.4 Å². The quantitative estimate of drug-likeness (QED) is 0.604. The molecule has 1 aromatic heterocycles. The smallest absolute Gasteiger partial charge is 0.306 e. The molecule has 2 rings (SSSR count). The molecular weight excluding hydrogens is 471 g/mol. The topological polar surface area (TPSA) is 85.2 Å². The second-order valence-electron chi connectivity index (χ2n) is 4.79. The molecule has 0 amide bonds. The van der Waals surface area contributed by atoms with Crippen molar-refractivity contribution in [3.63, 3.8) is 0 Å². The number of carboxylic acid groups (broad SMARTS) is 1. The molecule has 1 aromatic carbocycles. The highest BCUT2D eigenvalue weighted by molar-refractivity contribution is 6.67. The van der Waals surface area contributed by atoms with Gasteiger partial charge >= 0.3 is 5.97 Å². The Morgan fingerprint density at radius 1 is 0.962 bits per heavy atom. The van der Waals surface area contributed by atoms with Gasteiger partial charge in [0.15, 0.2) is 17.5 Å². The van der Waals surface area contributed by atoms with Crippen molar-refractivity contribution in [1.82, 2.24) is 15.0 Å². The highest BCUT2D eigenvalue weighted by Gasteiger charge is 2.34. The lowest BCUT2D eigenvalue weighted by molar-refractivity contribution is -0.137. The number of carboxylic acids is 1. The van der Waals surface area contributed by atoms with Gasteiger partial charge in [0.1, 0.15) is 5.75 Å². The number of aliphatic carboxylic acids is 1. The zero-order valence-corrected chi connectivity index (χ0v) is 17.1. The number of carbonyl (C=O) groups is 1. The molecule has 6 nitrogen and oxygen atoms in total. The summed E-state index contributed by atoms with van der Waals surface area (Å²) in [5.74, 6) is -1.14. The molecule has 26 heavy (non-hydrogen) atoms. The number of hydrogen-bond acceptors (Lipinski definition) is 5.